The van der Waals surface area contributed by atoms with E-state index in [4.69, 9.17) is 23.2 Å². The molecule has 0 aliphatic heterocycles. The Balaban J connectivity index is 1.55. The Bertz CT molecular complexity index is 1110. The summed E-state index contributed by atoms with van der Waals surface area (Å²) in [6, 6.07) is 18.8. The molecule has 1 saturated carbocycles. The van der Waals surface area contributed by atoms with E-state index in [1.54, 1.807) is 23.1 Å². The van der Waals surface area contributed by atoms with Crippen molar-refractivity contribution in [3.8, 4) is 0 Å². The first-order valence-electron chi connectivity index (χ1n) is 10.6. The largest absolute Gasteiger partial charge is 0.353 e. The van der Waals surface area contributed by atoms with E-state index in [0.29, 0.717) is 28.7 Å². The highest BCUT2D eigenvalue weighted by atomic mass is 35.5. The van der Waals surface area contributed by atoms with Crippen LogP contribution in [0, 0.1) is 0 Å². The highest BCUT2D eigenvalue weighted by molar-refractivity contribution is 6.42. The van der Waals surface area contributed by atoms with Gasteiger partial charge in [-0.25, -0.2) is 0 Å². The van der Waals surface area contributed by atoms with Crippen LogP contribution in [-0.4, -0.2) is 38.8 Å². The van der Waals surface area contributed by atoms with Gasteiger partial charge >= 0.3 is 0 Å². The van der Waals surface area contributed by atoms with Gasteiger partial charge in [-0.05, 0) is 48.7 Å². The van der Waals surface area contributed by atoms with E-state index in [1.807, 2.05) is 65.2 Å². The lowest BCUT2D eigenvalue weighted by atomic mass is 10.2. The minimum Gasteiger partial charge on any atom is -0.353 e. The van der Waals surface area contributed by atoms with Gasteiger partial charge in [0, 0.05) is 37.1 Å². The van der Waals surface area contributed by atoms with Gasteiger partial charge in [-0.15, -0.1) is 0 Å². The zero-order chi connectivity index (χ0) is 22.7. The van der Waals surface area contributed by atoms with Crippen LogP contribution in [0.3, 0.4) is 0 Å². The number of carbonyl (C=O) groups is 2. The third-order valence-electron chi connectivity index (χ3n) is 5.69. The van der Waals surface area contributed by atoms with Gasteiger partial charge in [-0.2, -0.15) is 0 Å². The maximum atomic E-state index is 13.5. The third kappa shape index (κ3) is 5.34. The van der Waals surface area contributed by atoms with Crippen molar-refractivity contribution in [3.63, 3.8) is 0 Å². The summed E-state index contributed by atoms with van der Waals surface area (Å²) >= 11 is 12.1. The Morgan fingerprint density at radius 2 is 1.72 bits per heavy atom. The summed E-state index contributed by atoms with van der Waals surface area (Å²) in [5.74, 6) is -0.284. The smallest absolute Gasteiger partial charge is 0.254 e. The highest BCUT2D eigenvalue weighted by Gasteiger charge is 2.35. The maximum absolute atomic E-state index is 13.5. The van der Waals surface area contributed by atoms with Crippen LogP contribution in [0.25, 0.3) is 0 Å². The van der Waals surface area contributed by atoms with Gasteiger partial charge in [-0.3, -0.25) is 9.59 Å². The molecule has 1 aliphatic carbocycles. The Morgan fingerprint density at radius 3 is 2.34 bits per heavy atom. The van der Waals surface area contributed by atoms with E-state index in [0.717, 1.165) is 24.1 Å². The molecule has 0 saturated heterocycles. The molecule has 1 aromatic heterocycles. The van der Waals surface area contributed by atoms with Crippen LogP contribution < -0.4 is 0 Å². The lowest BCUT2D eigenvalue weighted by molar-refractivity contribution is -0.133. The molecule has 4 rings (SSSR count). The van der Waals surface area contributed by atoms with Crippen LogP contribution in [0.2, 0.25) is 10.0 Å². The monoisotopic (exact) mass is 469 g/mol. The fourth-order valence-corrected chi connectivity index (χ4v) is 3.98. The predicted octanol–water partition coefficient (Wildman–Crippen LogP) is 5.17. The van der Waals surface area contributed by atoms with E-state index < -0.39 is 0 Å². The second-order valence-corrected chi connectivity index (χ2v) is 8.95. The first kappa shape index (κ1) is 22.4. The molecule has 3 aromatic rings. The van der Waals surface area contributed by atoms with E-state index in [1.165, 1.54) is 0 Å². The second kappa shape index (κ2) is 9.80. The van der Waals surface area contributed by atoms with Crippen molar-refractivity contribution in [3.05, 3.63) is 93.7 Å². The molecular formula is C25H25Cl2N3O2. The number of nitrogens with zero attached hydrogens (tertiary/aromatic N) is 3. The van der Waals surface area contributed by atoms with Crippen LogP contribution in [0.1, 0.15) is 34.5 Å². The third-order valence-corrected chi connectivity index (χ3v) is 6.43. The van der Waals surface area contributed by atoms with Gasteiger partial charge in [0.2, 0.25) is 5.91 Å². The Kier molecular flexibility index (Phi) is 6.87. The molecule has 1 fully saturated rings. The topological polar surface area (TPSA) is 45.6 Å². The second-order valence-electron chi connectivity index (χ2n) is 8.14. The number of carbonyl (C=O) groups excluding carboxylic acids is 2. The lowest BCUT2D eigenvalue weighted by Gasteiger charge is -2.28. The highest BCUT2D eigenvalue weighted by Crippen LogP contribution is 2.30. The van der Waals surface area contributed by atoms with Crippen molar-refractivity contribution in [2.45, 2.75) is 32.0 Å². The molecule has 0 unspecified atom stereocenters. The Hall–Kier alpha value is -2.76. The molecule has 5 nitrogen and oxygen atoms in total. The summed E-state index contributed by atoms with van der Waals surface area (Å²) in [6.07, 6.45) is 3.76. The molecular weight excluding hydrogens is 445 g/mol. The Labute approximate surface area is 198 Å². The van der Waals surface area contributed by atoms with E-state index in [-0.39, 0.29) is 24.4 Å². The number of hydrogen-bond acceptors (Lipinski definition) is 2. The van der Waals surface area contributed by atoms with Gasteiger partial charge in [0.25, 0.3) is 5.91 Å². The van der Waals surface area contributed by atoms with Gasteiger partial charge in [0.1, 0.15) is 6.54 Å². The summed E-state index contributed by atoms with van der Waals surface area (Å²) in [7, 11) is 1.96. The van der Waals surface area contributed by atoms with Crippen LogP contribution in [-0.2, 0) is 24.9 Å². The fourth-order valence-electron chi connectivity index (χ4n) is 3.69. The van der Waals surface area contributed by atoms with Crippen LogP contribution in [0.15, 0.2) is 66.9 Å². The first-order valence-corrected chi connectivity index (χ1v) is 11.4. The van der Waals surface area contributed by atoms with Gasteiger partial charge in [0.05, 0.1) is 16.6 Å². The van der Waals surface area contributed by atoms with Crippen LogP contribution in [0.4, 0.5) is 0 Å². The average Bonchev–Trinajstić information content (AvgIpc) is 3.55. The number of hydrogen-bond donors (Lipinski definition) is 0. The molecule has 0 radical (unpaired) electrons. The maximum Gasteiger partial charge on any atom is 0.254 e. The number of halogens is 2. The van der Waals surface area contributed by atoms with E-state index >= 15 is 0 Å². The predicted molar refractivity (Wildman–Crippen MR) is 127 cm³/mol. The summed E-state index contributed by atoms with van der Waals surface area (Å²) < 4.78 is 2.00. The number of aromatic nitrogens is 1. The zero-order valence-corrected chi connectivity index (χ0v) is 19.4. The number of rotatable bonds is 8. The molecule has 1 heterocycles. The quantitative estimate of drug-likeness (QED) is 0.456. The van der Waals surface area contributed by atoms with Gasteiger partial charge in [-0.1, -0.05) is 53.5 Å². The minimum absolute atomic E-state index is 0.0288. The fraction of sp³-hybridized carbons (Fsp3) is 0.280. The molecule has 0 atom stereocenters. The van der Waals surface area contributed by atoms with Crippen LogP contribution in [0.5, 0.6) is 0 Å². The minimum atomic E-state index is -0.196. The summed E-state index contributed by atoms with van der Waals surface area (Å²) in [6.45, 7) is 0.974. The van der Waals surface area contributed by atoms with Crippen molar-refractivity contribution in [1.29, 1.82) is 0 Å². The number of benzene rings is 2. The summed E-state index contributed by atoms with van der Waals surface area (Å²) in [5, 5.41) is 0.725. The van der Waals surface area contributed by atoms with Crippen molar-refractivity contribution >= 4 is 35.0 Å². The lowest BCUT2D eigenvalue weighted by Crippen LogP contribution is -2.43. The van der Waals surface area contributed by atoms with Crippen molar-refractivity contribution in [1.82, 2.24) is 14.4 Å². The van der Waals surface area contributed by atoms with E-state index in [2.05, 4.69) is 0 Å². The van der Waals surface area contributed by atoms with Crippen molar-refractivity contribution < 1.29 is 9.59 Å². The summed E-state index contributed by atoms with van der Waals surface area (Å²) in [5.41, 5.74) is 2.52. The Morgan fingerprint density at radius 1 is 0.969 bits per heavy atom. The molecule has 0 N–H and O–H groups in total. The molecule has 0 spiro atoms. The normalized spacial score (nSPS) is 13.1. The molecule has 0 bridgehead atoms. The molecule has 2 amide bonds. The van der Waals surface area contributed by atoms with E-state index in [9.17, 15) is 9.59 Å². The number of amides is 2. The first-order chi connectivity index (χ1) is 15.4. The van der Waals surface area contributed by atoms with Gasteiger partial charge in [0.15, 0.2) is 0 Å². The van der Waals surface area contributed by atoms with Crippen molar-refractivity contribution in [2.24, 2.45) is 7.05 Å². The molecule has 1 aliphatic rings. The zero-order valence-electron chi connectivity index (χ0n) is 17.9. The molecule has 2 aromatic carbocycles. The standard InChI is InChI=1S/C25H25Cl2N3O2/c1-28-13-5-8-21(28)16-29(15-18-6-3-2-4-7-18)24(31)17-30(20-10-11-20)25(32)19-9-12-22(26)23(27)14-19/h2-9,12-14,20H,10-11,15-17H2,1H3. The van der Waals surface area contributed by atoms with Gasteiger partial charge < -0.3 is 14.4 Å². The number of aryl methyl sites for hydroxylation is 1. The molecule has 32 heavy (non-hydrogen) atoms. The SMILES string of the molecule is Cn1cccc1CN(Cc1ccccc1)C(=O)CN(C(=O)c1ccc(Cl)c(Cl)c1)C1CC1. The average molecular weight is 470 g/mol. The molecule has 166 valence electrons. The van der Waals surface area contributed by atoms with Crippen molar-refractivity contribution in [2.75, 3.05) is 6.54 Å². The van der Waals surface area contributed by atoms with Crippen LogP contribution >= 0.6 is 23.2 Å². The molecule has 7 heteroatoms. The summed E-state index contributed by atoms with van der Waals surface area (Å²) in [4.78, 5) is 30.2.